The molecule has 0 radical (unpaired) electrons. The Hall–Kier alpha value is -1.82. The van der Waals surface area contributed by atoms with Crippen molar-refractivity contribution in [2.24, 2.45) is 0 Å². The van der Waals surface area contributed by atoms with Crippen LogP contribution in [0, 0.1) is 0 Å². The van der Waals surface area contributed by atoms with E-state index in [2.05, 4.69) is 26.3 Å². The summed E-state index contributed by atoms with van der Waals surface area (Å²) in [5, 5.41) is 7.38. The Balaban J connectivity index is 2.24. The van der Waals surface area contributed by atoms with Crippen LogP contribution in [0.5, 0.6) is 0 Å². The van der Waals surface area contributed by atoms with Gasteiger partial charge in [0.25, 0.3) is 5.56 Å². The quantitative estimate of drug-likeness (QED) is 0.842. The van der Waals surface area contributed by atoms with E-state index in [0.29, 0.717) is 16.7 Å². The van der Waals surface area contributed by atoms with Crippen LogP contribution >= 0.6 is 15.9 Å². The van der Waals surface area contributed by atoms with Crippen molar-refractivity contribution in [2.75, 3.05) is 11.1 Å². The molecule has 1 unspecified atom stereocenters. The number of nitrogens with zero attached hydrogens (tertiary/aromatic N) is 2. The van der Waals surface area contributed by atoms with E-state index < -0.39 is 0 Å². The number of hydrogen-bond donors (Lipinski definition) is 2. The predicted octanol–water partition coefficient (Wildman–Crippen LogP) is 2.78. The third kappa shape index (κ3) is 3.01. The van der Waals surface area contributed by atoms with Gasteiger partial charge in [0, 0.05) is 18.3 Å². The molecule has 2 aromatic rings. The number of aromatic nitrogens is 2. The molecule has 0 bridgehead atoms. The molecule has 3 N–H and O–H groups in total. The molecule has 6 heteroatoms. The molecule has 0 aliphatic carbocycles. The lowest BCUT2D eigenvalue weighted by molar-refractivity contribution is 0.612. The fraction of sp³-hybridized carbons (Fsp3) is 0.286. The van der Waals surface area contributed by atoms with Crippen LogP contribution in [0.1, 0.15) is 25.5 Å². The van der Waals surface area contributed by atoms with Gasteiger partial charge in [0.1, 0.15) is 4.47 Å². The van der Waals surface area contributed by atoms with Crippen molar-refractivity contribution in [3.63, 3.8) is 0 Å². The molecular formula is C14H17BrN4O. The van der Waals surface area contributed by atoms with E-state index in [9.17, 15) is 4.79 Å². The fourth-order valence-electron chi connectivity index (χ4n) is 1.89. The number of aryl methyl sites for hydroxylation is 1. The largest absolute Gasteiger partial charge is 0.399 e. The Morgan fingerprint density at radius 2 is 2.05 bits per heavy atom. The van der Waals surface area contributed by atoms with Crippen molar-refractivity contribution in [1.82, 2.24) is 9.78 Å². The molecule has 0 saturated carbocycles. The number of nitrogens with two attached hydrogens (primary N) is 1. The van der Waals surface area contributed by atoms with Crippen LogP contribution in [0.3, 0.4) is 0 Å². The Kier molecular flexibility index (Phi) is 4.44. The first kappa shape index (κ1) is 14.6. The third-order valence-corrected chi connectivity index (χ3v) is 3.86. The van der Waals surface area contributed by atoms with Crippen LogP contribution < -0.4 is 16.6 Å². The van der Waals surface area contributed by atoms with Crippen molar-refractivity contribution < 1.29 is 0 Å². The van der Waals surface area contributed by atoms with Crippen LogP contribution in [-0.2, 0) is 6.54 Å². The van der Waals surface area contributed by atoms with Crippen LogP contribution in [0.15, 0.2) is 39.7 Å². The number of hydrogen-bond acceptors (Lipinski definition) is 4. The predicted molar refractivity (Wildman–Crippen MR) is 84.8 cm³/mol. The molecule has 0 aliphatic heterocycles. The number of nitrogen functional groups attached to an aromatic ring is 1. The monoisotopic (exact) mass is 336 g/mol. The van der Waals surface area contributed by atoms with Crippen LogP contribution in [-0.4, -0.2) is 9.78 Å². The summed E-state index contributed by atoms with van der Waals surface area (Å²) in [6.07, 6.45) is 1.66. The van der Waals surface area contributed by atoms with E-state index in [1.807, 2.05) is 38.1 Å². The van der Waals surface area contributed by atoms with E-state index in [1.165, 1.54) is 4.68 Å². The smallest absolute Gasteiger partial charge is 0.283 e. The highest BCUT2D eigenvalue weighted by molar-refractivity contribution is 9.10. The summed E-state index contributed by atoms with van der Waals surface area (Å²) in [5.41, 5.74) is 8.04. The van der Waals surface area contributed by atoms with E-state index in [1.54, 1.807) is 6.20 Å². The van der Waals surface area contributed by atoms with Crippen LogP contribution in [0.2, 0.25) is 0 Å². The molecule has 1 heterocycles. The molecule has 106 valence electrons. The first-order valence-electron chi connectivity index (χ1n) is 6.40. The van der Waals surface area contributed by atoms with E-state index in [4.69, 9.17) is 5.73 Å². The van der Waals surface area contributed by atoms with Gasteiger partial charge in [-0.05, 0) is 47.5 Å². The lowest BCUT2D eigenvalue weighted by atomic mass is 10.1. The molecule has 1 aromatic heterocycles. The molecular weight excluding hydrogens is 320 g/mol. The Labute approximate surface area is 125 Å². The summed E-state index contributed by atoms with van der Waals surface area (Å²) in [6.45, 7) is 4.44. The summed E-state index contributed by atoms with van der Waals surface area (Å²) in [7, 11) is 0. The van der Waals surface area contributed by atoms with E-state index in [0.717, 1.165) is 11.3 Å². The van der Waals surface area contributed by atoms with Gasteiger partial charge in [0.2, 0.25) is 0 Å². The molecule has 0 aliphatic rings. The van der Waals surface area contributed by atoms with E-state index >= 15 is 0 Å². The molecule has 0 spiro atoms. The summed E-state index contributed by atoms with van der Waals surface area (Å²) in [4.78, 5) is 12.0. The van der Waals surface area contributed by atoms with Gasteiger partial charge in [-0.1, -0.05) is 12.1 Å². The molecule has 1 aromatic carbocycles. The minimum absolute atomic E-state index is 0.0468. The van der Waals surface area contributed by atoms with Crippen molar-refractivity contribution >= 4 is 27.3 Å². The van der Waals surface area contributed by atoms with Crippen molar-refractivity contribution in [3.8, 4) is 0 Å². The maximum Gasteiger partial charge on any atom is 0.283 e. The minimum Gasteiger partial charge on any atom is -0.399 e. The van der Waals surface area contributed by atoms with Crippen molar-refractivity contribution in [2.45, 2.75) is 26.4 Å². The lowest BCUT2D eigenvalue weighted by Crippen LogP contribution is -2.24. The highest BCUT2D eigenvalue weighted by Crippen LogP contribution is 2.23. The van der Waals surface area contributed by atoms with Gasteiger partial charge in [-0.3, -0.25) is 4.79 Å². The summed E-state index contributed by atoms with van der Waals surface area (Å²) >= 11 is 3.33. The van der Waals surface area contributed by atoms with Gasteiger partial charge in [-0.25, -0.2) is 4.68 Å². The number of benzene rings is 1. The third-order valence-electron chi connectivity index (χ3n) is 3.09. The maximum absolute atomic E-state index is 12.0. The SMILES string of the molecule is CCn1ncc(NC(C)c2ccc(N)cc2)c(Br)c1=O. The van der Waals surface area contributed by atoms with Crippen molar-refractivity contribution in [3.05, 3.63) is 50.9 Å². The first-order valence-corrected chi connectivity index (χ1v) is 7.19. The molecule has 1 atom stereocenters. The van der Waals surface area contributed by atoms with Gasteiger partial charge < -0.3 is 11.1 Å². The second-order valence-electron chi connectivity index (χ2n) is 4.53. The minimum atomic E-state index is -0.137. The second-order valence-corrected chi connectivity index (χ2v) is 5.32. The normalized spacial score (nSPS) is 12.2. The Morgan fingerprint density at radius 3 is 2.65 bits per heavy atom. The number of halogens is 1. The lowest BCUT2D eigenvalue weighted by Gasteiger charge is -2.17. The second kappa shape index (κ2) is 6.09. The zero-order valence-corrected chi connectivity index (χ0v) is 13.0. The van der Waals surface area contributed by atoms with Gasteiger partial charge in [-0.2, -0.15) is 5.10 Å². The molecule has 5 nitrogen and oxygen atoms in total. The zero-order chi connectivity index (χ0) is 14.7. The van der Waals surface area contributed by atoms with Crippen LogP contribution in [0.25, 0.3) is 0 Å². The van der Waals surface area contributed by atoms with E-state index in [-0.39, 0.29) is 11.6 Å². The molecule has 2 rings (SSSR count). The molecule has 0 fully saturated rings. The zero-order valence-electron chi connectivity index (χ0n) is 11.4. The summed E-state index contributed by atoms with van der Waals surface area (Å²) in [6, 6.07) is 7.68. The molecule has 0 saturated heterocycles. The van der Waals surface area contributed by atoms with Gasteiger partial charge in [0.05, 0.1) is 11.9 Å². The number of nitrogens with one attached hydrogen (secondary N) is 1. The molecule has 0 amide bonds. The standard InChI is InChI=1S/C14H17BrN4O/c1-3-19-14(20)13(15)12(8-17-19)18-9(2)10-4-6-11(16)7-5-10/h4-9,18H,3,16H2,1-2H3. The molecule has 20 heavy (non-hydrogen) atoms. The average molecular weight is 337 g/mol. The topological polar surface area (TPSA) is 72.9 Å². The van der Waals surface area contributed by atoms with Gasteiger partial charge >= 0.3 is 0 Å². The van der Waals surface area contributed by atoms with Gasteiger partial charge in [0.15, 0.2) is 0 Å². The maximum atomic E-state index is 12.0. The highest BCUT2D eigenvalue weighted by Gasteiger charge is 2.11. The Morgan fingerprint density at radius 1 is 1.40 bits per heavy atom. The van der Waals surface area contributed by atoms with Crippen molar-refractivity contribution in [1.29, 1.82) is 0 Å². The Bertz CT molecular complexity index is 651. The fourth-order valence-corrected chi connectivity index (χ4v) is 2.31. The number of anilines is 2. The summed E-state index contributed by atoms with van der Waals surface area (Å²) < 4.78 is 1.90. The van der Waals surface area contributed by atoms with Crippen LogP contribution in [0.4, 0.5) is 11.4 Å². The average Bonchev–Trinajstić information content (AvgIpc) is 2.45. The van der Waals surface area contributed by atoms with Gasteiger partial charge in [-0.15, -0.1) is 0 Å². The first-order chi connectivity index (χ1) is 9.52. The highest BCUT2D eigenvalue weighted by atomic mass is 79.9. The number of rotatable bonds is 4. The summed E-state index contributed by atoms with van der Waals surface area (Å²) in [5.74, 6) is 0.